The fourth-order valence-electron chi connectivity index (χ4n) is 2.47. The van der Waals surface area contributed by atoms with E-state index >= 15 is 0 Å². The molecule has 0 unspecified atom stereocenters. The van der Waals surface area contributed by atoms with Crippen LogP contribution in [0.5, 0.6) is 0 Å². The second kappa shape index (κ2) is 7.62. The number of nitrogens with zero attached hydrogens (tertiary/aromatic N) is 1. The summed E-state index contributed by atoms with van der Waals surface area (Å²) in [6, 6.07) is 7.52. The number of carbonyl (C=O) groups excluding carboxylic acids is 1. The molecule has 1 heterocycles. The molecule has 20 heavy (non-hydrogen) atoms. The van der Waals surface area contributed by atoms with Crippen molar-refractivity contribution in [2.45, 2.75) is 13.0 Å². The minimum Gasteiger partial charge on any atom is -0.367 e. The molecule has 0 bridgehead atoms. The molecule has 1 N–H and O–H groups in total. The number of halogens is 1. The molecule has 1 fully saturated rings. The number of nitrogens with one attached hydrogen (secondary N) is 1. The van der Waals surface area contributed by atoms with Crippen LogP contribution < -0.4 is 5.32 Å². The van der Waals surface area contributed by atoms with E-state index < -0.39 is 0 Å². The van der Waals surface area contributed by atoms with Gasteiger partial charge in [-0.25, -0.2) is 0 Å². The summed E-state index contributed by atoms with van der Waals surface area (Å²) in [4.78, 5) is 13.9. The quantitative estimate of drug-likeness (QED) is 0.872. The van der Waals surface area contributed by atoms with Gasteiger partial charge >= 0.3 is 0 Å². The van der Waals surface area contributed by atoms with E-state index in [0.29, 0.717) is 17.5 Å². The summed E-state index contributed by atoms with van der Waals surface area (Å²) in [5.74, 6) is 0.628. The fourth-order valence-corrected chi connectivity index (χ4v) is 2.66. The molecule has 1 aliphatic heterocycles. The Balaban J connectivity index is 1.72. The number of amides is 1. The molecule has 1 aromatic rings. The van der Waals surface area contributed by atoms with Gasteiger partial charge in [0.15, 0.2) is 0 Å². The summed E-state index contributed by atoms with van der Waals surface area (Å²) in [6.07, 6.45) is 1.07. The van der Waals surface area contributed by atoms with Crippen LogP contribution in [-0.4, -0.2) is 44.1 Å². The monoisotopic (exact) mass is 296 g/mol. The van der Waals surface area contributed by atoms with Gasteiger partial charge in [-0.05, 0) is 37.6 Å². The van der Waals surface area contributed by atoms with E-state index in [0.717, 1.165) is 31.6 Å². The van der Waals surface area contributed by atoms with Gasteiger partial charge in [-0.15, -0.1) is 0 Å². The van der Waals surface area contributed by atoms with Gasteiger partial charge in [0.25, 0.3) is 0 Å². The normalized spacial score (nSPS) is 18.5. The largest absolute Gasteiger partial charge is 0.367 e. The van der Waals surface area contributed by atoms with Crippen LogP contribution in [0.25, 0.3) is 0 Å². The van der Waals surface area contributed by atoms with E-state index in [4.69, 9.17) is 16.3 Å². The zero-order valence-electron chi connectivity index (χ0n) is 11.8. The third-order valence-electron chi connectivity index (χ3n) is 3.57. The van der Waals surface area contributed by atoms with Crippen molar-refractivity contribution in [3.05, 3.63) is 34.9 Å². The minimum atomic E-state index is 0.0654. The lowest BCUT2D eigenvalue weighted by molar-refractivity contribution is -0.135. The first-order valence-electron chi connectivity index (χ1n) is 6.94. The second-order valence-corrected chi connectivity index (χ2v) is 5.54. The standard InChI is InChI=1S/C15H21ClN2O2/c1-17-8-12-6-7-18(9-12)15(19)11-20-10-13-4-2-3-5-14(13)16/h2-5,12,17H,6-11H2,1H3/t12-/m0/s1. The van der Waals surface area contributed by atoms with Gasteiger partial charge in [-0.1, -0.05) is 29.8 Å². The molecule has 0 saturated carbocycles. The van der Waals surface area contributed by atoms with E-state index in [1.165, 1.54) is 0 Å². The van der Waals surface area contributed by atoms with E-state index in [9.17, 15) is 4.79 Å². The molecule has 0 aromatic heterocycles. The van der Waals surface area contributed by atoms with Crippen LogP contribution in [0, 0.1) is 5.92 Å². The lowest BCUT2D eigenvalue weighted by atomic mass is 10.1. The van der Waals surface area contributed by atoms with E-state index in [1.54, 1.807) is 0 Å². The van der Waals surface area contributed by atoms with E-state index in [2.05, 4.69) is 5.32 Å². The summed E-state index contributed by atoms with van der Waals surface area (Å²) in [7, 11) is 1.94. The van der Waals surface area contributed by atoms with Crippen LogP contribution in [0.3, 0.4) is 0 Å². The zero-order valence-corrected chi connectivity index (χ0v) is 12.5. The van der Waals surface area contributed by atoms with Crippen LogP contribution in [-0.2, 0) is 16.1 Å². The summed E-state index contributed by atoms with van der Waals surface area (Å²) in [5.41, 5.74) is 0.913. The number of hydrogen-bond donors (Lipinski definition) is 1. The smallest absolute Gasteiger partial charge is 0.248 e. The molecule has 0 aliphatic carbocycles. The van der Waals surface area contributed by atoms with E-state index in [1.807, 2.05) is 36.2 Å². The maximum absolute atomic E-state index is 12.0. The first-order chi connectivity index (χ1) is 9.70. The number of carbonyl (C=O) groups is 1. The van der Waals surface area contributed by atoms with Crippen molar-refractivity contribution in [2.24, 2.45) is 5.92 Å². The first kappa shape index (κ1) is 15.3. The topological polar surface area (TPSA) is 41.6 Å². The predicted molar refractivity (Wildman–Crippen MR) is 79.7 cm³/mol. The number of benzene rings is 1. The zero-order chi connectivity index (χ0) is 14.4. The lowest BCUT2D eigenvalue weighted by Crippen LogP contribution is -2.33. The van der Waals surface area contributed by atoms with Crippen molar-refractivity contribution in [3.63, 3.8) is 0 Å². The third kappa shape index (κ3) is 4.20. The van der Waals surface area contributed by atoms with Gasteiger partial charge in [-0.3, -0.25) is 4.79 Å². The highest BCUT2D eigenvalue weighted by atomic mass is 35.5. The van der Waals surface area contributed by atoms with Crippen LogP contribution in [0.4, 0.5) is 0 Å². The van der Waals surface area contributed by atoms with Crippen molar-refractivity contribution >= 4 is 17.5 Å². The molecule has 5 heteroatoms. The van der Waals surface area contributed by atoms with Crippen LogP contribution in [0.15, 0.2) is 24.3 Å². The fraction of sp³-hybridized carbons (Fsp3) is 0.533. The van der Waals surface area contributed by atoms with Gasteiger partial charge < -0.3 is 15.0 Å². The molecule has 110 valence electrons. The van der Waals surface area contributed by atoms with Gasteiger partial charge in [-0.2, -0.15) is 0 Å². The number of ether oxygens (including phenoxy) is 1. The Kier molecular flexibility index (Phi) is 5.83. The second-order valence-electron chi connectivity index (χ2n) is 5.14. The van der Waals surface area contributed by atoms with Gasteiger partial charge in [0, 0.05) is 18.1 Å². The van der Waals surface area contributed by atoms with Crippen molar-refractivity contribution in [2.75, 3.05) is 33.3 Å². The van der Waals surface area contributed by atoms with Crippen molar-refractivity contribution in [3.8, 4) is 0 Å². The van der Waals surface area contributed by atoms with Gasteiger partial charge in [0.05, 0.1) is 6.61 Å². The maximum atomic E-state index is 12.0. The molecule has 1 atom stereocenters. The maximum Gasteiger partial charge on any atom is 0.248 e. The third-order valence-corrected chi connectivity index (χ3v) is 3.94. The highest BCUT2D eigenvalue weighted by Gasteiger charge is 2.25. The Hall–Kier alpha value is -1.10. The Morgan fingerprint density at radius 2 is 2.30 bits per heavy atom. The van der Waals surface area contributed by atoms with Crippen molar-refractivity contribution in [1.82, 2.24) is 10.2 Å². The Morgan fingerprint density at radius 1 is 1.50 bits per heavy atom. The number of rotatable bonds is 6. The summed E-state index contributed by atoms with van der Waals surface area (Å²) in [6.45, 7) is 3.12. The average molecular weight is 297 g/mol. The highest BCUT2D eigenvalue weighted by Crippen LogP contribution is 2.17. The lowest BCUT2D eigenvalue weighted by Gasteiger charge is -2.16. The van der Waals surface area contributed by atoms with Crippen molar-refractivity contribution in [1.29, 1.82) is 0 Å². The molecule has 0 spiro atoms. The summed E-state index contributed by atoms with van der Waals surface area (Å²) < 4.78 is 5.48. The number of likely N-dealkylation sites (tertiary alicyclic amines) is 1. The molecule has 1 aromatic carbocycles. The molecule has 2 rings (SSSR count). The molecule has 1 amide bonds. The summed E-state index contributed by atoms with van der Waals surface area (Å²) >= 11 is 6.04. The Labute approximate surface area is 125 Å². The number of hydrogen-bond acceptors (Lipinski definition) is 3. The van der Waals surface area contributed by atoms with Gasteiger partial charge in [0.1, 0.15) is 6.61 Å². The highest BCUT2D eigenvalue weighted by molar-refractivity contribution is 6.31. The molecule has 1 aliphatic rings. The van der Waals surface area contributed by atoms with Crippen molar-refractivity contribution < 1.29 is 9.53 Å². The molecule has 1 saturated heterocycles. The summed E-state index contributed by atoms with van der Waals surface area (Å²) in [5, 5.41) is 3.83. The molecular weight excluding hydrogens is 276 g/mol. The average Bonchev–Trinajstić information content (AvgIpc) is 2.90. The van der Waals surface area contributed by atoms with E-state index in [-0.39, 0.29) is 12.5 Å². The SMILES string of the molecule is CNC[C@@H]1CCN(C(=O)COCc2ccccc2Cl)C1. The van der Waals surface area contributed by atoms with Crippen LogP contribution in [0.1, 0.15) is 12.0 Å². The van der Waals surface area contributed by atoms with Crippen LogP contribution >= 0.6 is 11.6 Å². The predicted octanol–water partition coefficient (Wildman–Crippen LogP) is 1.92. The molecular formula is C15H21ClN2O2. The minimum absolute atomic E-state index is 0.0654. The molecule has 0 radical (unpaired) electrons. The Bertz CT molecular complexity index is 453. The Morgan fingerprint density at radius 3 is 3.05 bits per heavy atom. The van der Waals surface area contributed by atoms with Crippen LogP contribution in [0.2, 0.25) is 5.02 Å². The molecule has 4 nitrogen and oxygen atoms in total. The van der Waals surface area contributed by atoms with Gasteiger partial charge in [0.2, 0.25) is 5.91 Å². The first-order valence-corrected chi connectivity index (χ1v) is 7.32.